The van der Waals surface area contributed by atoms with E-state index < -0.39 is 70.4 Å². The molecule has 4 aromatic carbocycles. The highest BCUT2D eigenvalue weighted by atomic mass is 35.5. The topological polar surface area (TPSA) is 144 Å². The van der Waals surface area contributed by atoms with Crippen LogP contribution in [0.15, 0.2) is 103 Å². The summed E-state index contributed by atoms with van der Waals surface area (Å²) in [5, 5.41) is 21.4. The third-order valence-corrected chi connectivity index (χ3v) is 11.5. The maximum absolute atomic E-state index is 15.2. The third kappa shape index (κ3) is 4.94. The van der Waals surface area contributed by atoms with E-state index in [0.717, 1.165) is 9.91 Å². The predicted molar refractivity (Wildman–Crippen MR) is 188 cm³/mol. The minimum Gasteiger partial charge on any atom is -0.508 e. The smallest absolute Gasteiger partial charge is 0.335 e. The first-order valence-electron chi connectivity index (χ1n) is 16.5. The van der Waals surface area contributed by atoms with Crippen molar-refractivity contribution < 1.29 is 38.6 Å². The Kier molecular flexibility index (Phi) is 7.96. The number of rotatable bonds is 6. The van der Waals surface area contributed by atoms with E-state index in [1.165, 1.54) is 60.7 Å². The van der Waals surface area contributed by atoms with Crippen LogP contribution < -0.4 is 10.3 Å². The van der Waals surface area contributed by atoms with E-state index in [2.05, 4.69) is 5.43 Å². The van der Waals surface area contributed by atoms with E-state index in [9.17, 15) is 33.8 Å². The van der Waals surface area contributed by atoms with Crippen molar-refractivity contribution in [2.24, 2.45) is 23.7 Å². The van der Waals surface area contributed by atoms with E-state index in [1.807, 2.05) is 6.08 Å². The number of phenols is 1. The van der Waals surface area contributed by atoms with Gasteiger partial charge in [0.1, 0.15) is 11.6 Å². The molecule has 262 valence electrons. The van der Waals surface area contributed by atoms with E-state index in [0.29, 0.717) is 21.7 Å². The number of carboxylic acids is 1. The second kappa shape index (κ2) is 12.3. The number of allylic oxidation sites excluding steroid dienone is 2. The standard InChI is InChI=1S/C39H28Cl2FN3O7/c40-21-6-4-20(5-7-21)39-30(35(48)45(38(39)52)43-23-10-8-22(42)9-11-23)18-29-26(33(39)27-13-12-25(46)17-31(27)41)14-15-28-32(29)36(49)44(34(28)47)24-3-1-2-19(16-24)37(50)51/h1-14,16-17,28-30,32-33,43,46H,15,18H2,(H,50,51)/t28-,29+,30-,32-,33+,39+/m0/s1. The third-order valence-electron chi connectivity index (χ3n) is 10.9. The second-order valence-electron chi connectivity index (χ2n) is 13.4. The molecule has 2 aliphatic carbocycles. The SMILES string of the molecule is O=C(O)c1cccc(N2C(=O)[C@H]3[C@H](CC=C4[C@H]3C[C@H]3C(=O)N(Nc5ccc(F)cc5)C(=O)[C@@]3(c3ccc(Cl)cc3)[C@H]4c3ccc(O)cc3Cl)C2=O)c1. The van der Waals surface area contributed by atoms with E-state index in [1.54, 1.807) is 30.3 Å². The van der Waals surface area contributed by atoms with Crippen molar-refractivity contribution in [1.29, 1.82) is 0 Å². The molecule has 0 spiro atoms. The van der Waals surface area contributed by atoms with Crippen molar-refractivity contribution in [1.82, 2.24) is 5.01 Å². The number of aromatic hydroxyl groups is 1. The monoisotopic (exact) mass is 739 g/mol. The molecule has 52 heavy (non-hydrogen) atoms. The molecule has 0 aromatic heterocycles. The number of carbonyl (C=O) groups excluding carboxylic acids is 4. The average molecular weight is 741 g/mol. The molecule has 1 saturated carbocycles. The minimum atomic E-state index is -1.65. The largest absolute Gasteiger partial charge is 0.508 e. The molecular formula is C39H28Cl2FN3O7. The molecule has 4 aliphatic rings. The number of carboxylic acid groups (broad SMARTS) is 1. The average Bonchev–Trinajstić information content (AvgIpc) is 3.50. The molecule has 10 nitrogen and oxygen atoms in total. The van der Waals surface area contributed by atoms with Crippen molar-refractivity contribution in [3.8, 4) is 5.75 Å². The maximum atomic E-state index is 15.2. The van der Waals surface area contributed by atoms with Crippen LogP contribution in [0.1, 0.15) is 40.2 Å². The fraction of sp³-hybridized carbons (Fsp3) is 0.205. The normalized spacial score (nSPS) is 26.5. The molecule has 0 unspecified atom stereocenters. The van der Waals surface area contributed by atoms with Crippen LogP contribution in [0.4, 0.5) is 15.8 Å². The summed E-state index contributed by atoms with van der Waals surface area (Å²) >= 11 is 13.2. The van der Waals surface area contributed by atoms with Crippen LogP contribution in [0.25, 0.3) is 0 Å². The fourth-order valence-corrected chi connectivity index (χ4v) is 9.19. The highest BCUT2D eigenvalue weighted by molar-refractivity contribution is 6.32. The Morgan fingerprint density at radius 2 is 1.60 bits per heavy atom. The summed E-state index contributed by atoms with van der Waals surface area (Å²) in [6, 6.07) is 21.7. The van der Waals surface area contributed by atoms with Crippen molar-refractivity contribution in [3.05, 3.63) is 135 Å². The first-order chi connectivity index (χ1) is 24.9. The van der Waals surface area contributed by atoms with Crippen LogP contribution >= 0.6 is 23.2 Å². The lowest BCUT2D eigenvalue weighted by Gasteiger charge is -2.50. The highest BCUT2D eigenvalue weighted by Gasteiger charge is 2.70. The van der Waals surface area contributed by atoms with E-state index in [-0.39, 0.29) is 40.6 Å². The molecule has 0 bridgehead atoms. The number of nitrogens with zero attached hydrogens (tertiary/aromatic N) is 2. The lowest BCUT2D eigenvalue weighted by molar-refractivity contribution is -0.138. The molecule has 8 rings (SSSR count). The Balaban J connectivity index is 1.32. The number of imide groups is 2. The quantitative estimate of drug-likeness (QED) is 0.146. The van der Waals surface area contributed by atoms with Gasteiger partial charge < -0.3 is 10.2 Å². The maximum Gasteiger partial charge on any atom is 0.335 e. The lowest BCUT2D eigenvalue weighted by Crippen LogP contribution is -2.53. The number of aromatic carboxylic acids is 1. The summed E-state index contributed by atoms with van der Waals surface area (Å²) in [7, 11) is 0. The molecular weight excluding hydrogens is 712 g/mol. The van der Waals surface area contributed by atoms with Crippen molar-refractivity contribution in [2.75, 3.05) is 10.3 Å². The zero-order chi connectivity index (χ0) is 36.6. The van der Waals surface area contributed by atoms with Gasteiger partial charge in [-0.25, -0.2) is 9.18 Å². The molecule has 4 aromatic rings. The number of hydrogen-bond donors (Lipinski definition) is 3. The molecule has 6 atom stereocenters. The fourth-order valence-electron chi connectivity index (χ4n) is 8.78. The molecule has 2 aliphatic heterocycles. The first kappa shape index (κ1) is 33.6. The van der Waals surface area contributed by atoms with Gasteiger partial charge in [0.2, 0.25) is 11.8 Å². The molecule has 0 radical (unpaired) electrons. The van der Waals surface area contributed by atoms with Crippen LogP contribution in [0.5, 0.6) is 5.75 Å². The Morgan fingerprint density at radius 1 is 0.865 bits per heavy atom. The van der Waals surface area contributed by atoms with Gasteiger partial charge in [-0.3, -0.25) is 29.5 Å². The number of nitrogens with one attached hydrogen (secondary N) is 1. The second-order valence-corrected chi connectivity index (χ2v) is 14.3. The molecule has 3 fully saturated rings. The van der Waals surface area contributed by atoms with Crippen LogP contribution in [-0.4, -0.2) is 44.8 Å². The van der Waals surface area contributed by atoms with Gasteiger partial charge in [-0.15, -0.1) is 0 Å². The Labute approximate surface area is 306 Å². The summed E-state index contributed by atoms with van der Waals surface area (Å²) in [6.07, 6.45) is 1.98. The predicted octanol–water partition coefficient (Wildman–Crippen LogP) is 6.73. The van der Waals surface area contributed by atoms with Crippen LogP contribution in [-0.2, 0) is 24.6 Å². The zero-order valence-corrected chi connectivity index (χ0v) is 28.5. The van der Waals surface area contributed by atoms with Gasteiger partial charge in [-0.1, -0.05) is 59.1 Å². The van der Waals surface area contributed by atoms with Crippen LogP contribution in [0.3, 0.4) is 0 Å². The molecule has 3 N–H and O–H groups in total. The van der Waals surface area contributed by atoms with Gasteiger partial charge in [0.25, 0.3) is 11.8 Å². The van der Waals surface area contributed by atoms with Crippen molar-refractivity contribution in [3.63, 3.8) is 0 Å². The number of anilines is 2. The summed E-state index contributed by atoms with van der Waals surface area (Å²) in [5.74, 6) is -8.64. The van der Waals surface area contributed by atoms with Gasteiger partial charge in [0, 0.05) is 16.0 Å². The Morgan fingerprint density at radius 3 is 2.29 bits per heavy atom. The van der Waals surface area contributed by atoms with Gasteiger partial charge >= 0.3 is 5.97 Å². The summed E-state index contributed by atoms with van der Waals surface area (Å²) < 4.78 is 13.8. The Hall–Kier alpha value is -5.52. The van der Waals surface area contributed by atoms with E-state index >= 15 is 4.79 Å². The molecule has 4 amide bonds. The number of carbonyl (C=O) groups is 5. The highest BCUT2D eigenvalue weighted by Crippen LogP contribution is 2.65. The molecule has 2 saturated heterocycles. The lowest BCUT2D eigenvalue weighted by atomic mass is 9.49. The number of fused-ring (bicyclic) bond motifs is 4. The van der Waals surface area contributed by atoms with Crippen molar-refractivity contribution >= 4 is 64.2 Å². The number of halogens is 3. The summed E-state index contributed by atoms with van der Waals surface area (Å²) in [5.41, 5.74) is 3.05. The number of hydrazine groups is 1. The van der Waals surface area contributed by atoms with Gasteiger partial charge in [0.15, 0.2) is 0 Å². The van der Waals surface area contributed by atoms with Gasteiger partial charge in [0.05, 0.1) is 40.1 Å². The molecule has 2 heterocycles. The first-order valence-corrected chi connectivity index (χ1v) is 17.2. The van der Waals surface area contributed by atoms with Gasteiger partial charge in [-0.05, 0) is 96.6 Å². The van der Waals surface area contributed by atoms with Crippen LogP contribution in [0, 0.1) is 29.5 Å². The van der Waals surface area contributed by atoms with Gasteiger partial charge in [-0.2, -0.15) is 5.01 Å². The Bertz CT molecular complexity index is 2250. The number of phenolic OH excluding ortho intramolecular Hbond substituents is 1. The molecule has 13 heteroatoms. The van der Waals surface area contributed by atoms with Crippen LogP contribution in [0.2, 0.25) is 10.0 Å². The summed E-state index contributed by atoms with van der Waals surface area (Å²) in [4.78, 5) is 71.1. The number of benzene rings is 4. The number of amides is 4. The number of hydrogen-bond acceptors (Lipinski definition) is 7. The van der Waals surface area contributed by atoms with E-state index in [4.69, 9.17) is 23.2 Å². The summed E-state index contributed by atoms with van der Waals surface area (Å²) in [6.45, 7) is 0. The van der Waals surface area contributed by atoms with Crippen molar-refractivity contribution in [2.45, 2.75) is 24.2 Å². The minimum absolute atomic E-state index is 0.00394. The zero-order valence-electron chi connectivity index (χ0n) is 27.0.